The van der Waals surface area contributed by atoms with Gasteiger partial charge in [-0.15, -0.1) is 0 Å². The fourth-order valence-electron chi connectivity index (χ4n) is 1.19. The van der Waals surface area contributed by atoms with Gasteiger partial charge in [0.2, 0.25) is 0 Å². The van der Waals surface area contributed by atoms with Crippen LogP contribution in [0.15, 0.2) is 23.0 Å². The minimum absolute atomic E-state index is 0.0994. The highest BCUT2D eigenvalue weighted by molar-refractivity contribution is 5.93. The van der Waals surface area contributed by atoms with E-state index in [9.17, 15) is 4.79 Å². The Morgan fingerprint density at radius 1 is 1.56 bits per heavy atom. The van der Waals surface area contributed by atoms with Gasteiger partial charge in [0, 0.05) is 19.8 Å². The monoisotopic (exact) mass is 225 g/mol. The predicted molar refractivity (Wildman–Crippen MR) is 61.3 cm³/mol. The minimum atomic E-state index is -0.0994. The van der Waals surface area contributed by atoms with Gasteiger partial charge in [-0.25, -0.2) is 0 Å². The van der Waals surface area contributed by atoms with Crippen molar-refractivity contribution in [3.8, 4) is 0 Å². The third-order valence-corrected chi connectivity index (χ3v) is 1.99. The topological polar surface area (TPSA) is 51.5 Å². The first kappa shape index (κ1) is 12.8. The molecule has 1 aromatic heterocycles. The molecule has 0 unspecified atom stereocenters. The third-order valence-electron chi connectivity index (χ3n) is 1.99. The second-order valence-corrected chi connectivity index (χ2v) is 4.09. The van der Waals surface area contributed by atoms with Gasteiger partial charge in [0.05, 0.1) is 11.8 Å². The molecule has 0 aromatic carbocycles. The maximum Gasteiger partial charge on any atom is 0.254 e. The molecule has 16 heavy (non-hydrogen) atoms. The number of amides is 1. The number of nitrogens with one attached hydrogen (secondary N) is 1. The summed E-state index contributed by atoms with van der Waals surface area (Å²) in [6.45, 7) is 6.31. The molecule has 1 N–H and O–H groups in total. The summed E-state index contributed by atoms with van der Waals surface area (Å²) in [6.07, 6.45) is 3.75. The fourth-order valence-corrected chi connectivity index (χ4v) is 1.19. The Morgan fingerprint density at radius 2 is 2.38 bits per heavy atom. The quantitative estimate of drug-likeness (QED) is 0.723. The Kier molecular flexibility index (Phi) is 5.64. The summed E-state index contributed by atoms with van der Waals surface area (Å²) in [7, 11) is 0. The van der Waals surface area contributed by atoms with Gasteiger partial charge >= 0.3 is 0 Å². The molecule has 0 aliphatic rings. The number of furan rings is 1. The van der Waals surface area contributed by atoms with Crippen molar-refractivity contribution in [2.75, 3.05) is 19.8 Å². The molecule has 1 rings (SSSR count). The van der Waals surface area contributed by atoms with Gasteiger partial charge < -0.3 is 14.5 Å². The zero-order valence-corrected chi connectivity index (χ0v) is 9.86. The molecule has 0 bridgehead atoms. The molecule has 0 fully saturated rings. The average Bonchev–Trinajstić information content (AvgIpc) is 2.75. The van der Waals surface area contributed by atoms with Crippen LogP contribution in [0.1, 0.15) is 30.6 Å². The van der Waals surface area contributed by atoms with Crippen molar-refractivity contribution >= 4 is 5.91 Å². The van der Waals surface area contributed by atoms with Crippen LogP contribution in [0.25, 0.3) is 0 Å². The van der Waals surface area contributed by atoms with E-state index in [4.69, 9.17) is 9.15 Å². The van der Waals surface area contributed by atoms with Gasteiger partial charge in [0.15, 0.2) is 0 Å². The number of ether oxygens (including phenoxy) is 1. The molecule has 4 heteroatoms. The lowest BCUT2D eigenvalue weighted by Crippen LogP contribution is -2.24. The van der Waals surface area contributed by atoms with E-state index in [1.807, 2.05) is 0 Å². The minimum Gasteiger partial charge on any atom is -0.472 e. The zero-order valence-electron chi connectivity index (χ0n) is 9.86. The molecule has 1 aromatic rings. The van der Waals surface area contributed by atoms with Crippen LogP contribution in [0.5, 0.6) is 0 Å². The Morgan fingerprint density at radius 3 is 3.00 bits per heavy atom. The molecule has 1 amide bonds. The van der Waals surface area contributed by atoms with Gasteiger partial charge in [-0.05, 0) is 18.4 Å². The first-order valence-corrected chi connectivity index (χ1v) is 5.58. The van der Waals surface area contributed by atoms with Crippen molar-refractivity contribution in [3.63, 3.8) is 0 Å². The standard InChI is InChI=1S/C12H19NO3/c1-10(2)8-15-6-3-5-13-12(14)11-4-7-16-9-11/h4,7,9-10H,3,5-6,8H2,1-2H3,(H,13,14). The summed E-state index contributed by atoms with van der Waals surface area (Å²) in [6, 6.07) is 1.64. The highest BCUT2D eigenvalue weighted by Gasteiger charge is 2.04. The van der Waals surface area contributed by atoms with E-state index in [2.05, 4.69) is 19.2 Å². The van der Waals surface area contributed by atoms with Crippen molar-refractivity contribution in [1.29, 1.82) is 0 Å². The van der Waals surface area contributed by atoms with Crippen LogP contribution in [0.4, 0.5) is 0 Å². The lowest BCUT2D eigenvalue weighted by Gasteiger charge is -2.07. The molecule has 0 aliphatic heterocycles. The summed E-state index contributed by atoms with van der Waals surface area (Å²) in [4.78, 5) is 11.4. The summed E-state index contributed by atoms with van der Waals surface area (Å²) < 4.78 is 10.2. The zero-order chi connectivity index (χ0) is 11.8. The van der Waals surface area contributed by atoms with Gasteiger partial charge in [-0.3, -0.25) is 4.79 Å². The van der Waals surface area contributed by atoms with E-state index < -0.39 is 0 Å². The highest BCUT2D eigenvalue weighted by Crippen LogP contribution is 1.99. The Labute approximate surface area is 96.0 Å². The second kappa shape index (κ2) is 7.06. The first-order valence-electron chi connectivity index (χ1n) is 5.58. The predicted octanol–water partition coefficient (Wildman–Crippen LogP) is 2.07. The van der Waals surface area contributed by atoms with Crippen molar-refractivity contribution in [2.24, 2.45) is 5.92 Å². The van der Waals surface area contributed by atoms with Crippen LogP contribution in [-0.4, -0.2) is 25.7 Å². The number of carbonyl (C=O) groups excluding carboxylic acids is 1. The maximum absolute atomic E-state index is 11.4. The average molecular weight is 225 g/mol. The second-order valence-electron chi connectivity index (χ2n) is 4.09. The van der Waals surface area contributed by atoms with Gasteiger partial charge in [-0.1, -0.05) is 13.8 Å². The normalized spacial score (nSPS) is 10.7. The van der Waals surface area contributed by atoms with Gasteiger partial charge in [-0.2, -0.15) is 0 Å². The van der Waals surface area contributed by atoms with Crippen molar-refractivity contribution < 1.29 is 13.9 Å². The molecule has 0 atom stereocenters. The van der Waals surface area contributed by atoms with Gasteiger partial charge in [0.1, 0.15) is 6.26 Å². The largest absolute Gasteiger partial charge is 0.472 e. The molecule has 0 spiro atoms. The molecule has 1 heterocycles. The lowest BCUT2D eigenvalue weighted by atomic mass is 10.2. The van der Waals surface area contributed by atoms with Crippen LogP contribution in [0, 0.1) is 5.92 Å². The summed E-state index contributed by atoms with van der Waals surface area (Å²) in [5, 5.41) is 2.79. The third kappa shape index (κ3) is 4.98. The smallest absolute Gasteiger partial charge is 0.254 e. The first-order chi connectivity index (χ1) is 7.70. The molecule has 0 saturated heterocycles. The van der Waals surface area contributed by atoms with E-state index in [1.165, 1.54) is 12.5 Å². The van der Waals surface area contributed by atoms with Crippen LogP contribution >= 0.6 is 0 Å². The number of hydrogen-bond donors (Lipinski definition) is 1. The highest BCUT2D eigenvalue weighted by atomic mass is 16.5. The van der Waals surface area contributed by atoms with Gasteiger partial charge in [0.25, 0.3) is 5.91 Å². The molecule has 0 saturated carbocycles. The molecule has 0 aliphatic carbocycles. The van der Waals surface area contributed by atoms with Crippen LogP contribution in [0.2, 0.25) is 0 Å². The van der Waals surface area contributed by atoms with E-state index in [0.29, 0.717) is 24.6 Å². The van der Waals surface area contributed by atoms with Crippen molar-refractivity contribution in [1.82, 2.24) is 5.32 Å². The van der Waals surface area contributed by atoms with Crippen molar-refractivity contribution in [2.45, 2.75) is 20.3 Å². The van der Waals surface area contributed by atoms with E-state index >= 15 is 0 Å². The Bertz CT molecular complexity index is 293. The maximum atomic E-state index is 11.4. The lowest BCUT2D eigenvalue weighted by molar-refractivity contribution is 0.0924. The number of hydrogen-bond acceptors (Lipinski definition) is 3. The fraction of sp³-hybridized carbons (Fsp3) is 0.583. The van der Waals surface area contributed by atoms with Crippen LogP contribution in [-0.2, 0) is 4.74 Å². The number of carbonyl (C=O) groups is 1. The summed E-state index contributed by atoms with van der Waals surface area (Å²) in [5.41, 5.74) is 0.558. The van der Waals surface area contributed by atoms with Crippen LogP contribution < -0.4 is 5.32 Å². The Balaban J connectivity index is 2.01. The van der Waals surface area contributed by atoms with E-state index in [1.54, 1.807) is 6.07 Å². The molecule has 0 radical (unpaired) electrons. The summed E-state index contributed by atoms with van der Waals surface area (Å²) >= 11 is 0. The van der Waals surface area contributed by atoms with Crippen molar-refractivity contribution in [3.05, 3.63) is 24.2 Å². The molecule has 4 nitrogen and oxygen atoms in total. The summed E-state index contributed by atoms with van der Waals surface area (Å²) in [5.74, 6) is 0.457. The van der Waals surface area contributed by atoms with Crippen LogP contribution in [0.3, 0.4) is 0 Å². The van der Waals surface area contributed by atoms with E-state index in [-0.39, 0.29) is 5.91 Å². The molecular weight excluding hydrogens is 206 g/mol. The SMILES string of the molecule is CC(C)COCCCNC(=O)c1ccoc1. The number of rotatable bonds is 7. The Hall–Kier alpha value is -1.29. The van der Waals surface area contributed by atoms with E-state index in [0.717, 1.165) is 13.0 Å². The molecule has 90 valence electrons. The molecular formula is C12H19NO3.